The number of nitrogens with zero attached hydrogens (tertiary/aromatic N) is 5. The number of alkyl halides is 2. The number of ether oxygens (including phenoxy) is 2. The first-order valence-electron chi connectivity index (χ1n) is 11.7. The second kappa shape index (κ2) is 8.50. The van der Waals surface area contributed by atoms with Gasteiger partial charge in [0.2, 0.25) is 0 Å². The molecule has 0 unspecified atom stereocenters. The Morgan fingerprint density at radius 3 is 2.59 bits per heavy atom. The molecule has 0 radical (unpaired) electrons. The van der Waals surface area contributed by atoms with E-state index in [1.807, 2.05) is 23.0 Å². The normalized spacial score (nSPS) is 20.1. The first kappa shape index (κ1) is 21.3. The molecule has 0 aromatic carbocycles. The van der Waals surface area contributed by atoms with Crippen LogP contribution in [0.15, 0.2) is 42.9 Å². The molecule has 1 N–H and O–H groups in total. The van der Waals surface area contributed by atoms with Gasteiger partial charge >= 0.3 is 0 Å². The molecule has 0 bridgehead atoms. The van der Waals surface area contributed by atoms with Gasteiger partial charge in [-0.3, -0.25) is 4.68 Å². The summed E-state index contributed by atoms with van der Waals surface area (Å²) in [5.41, 5.74) is 1.71. The quantitative estimate of drug-likeness (QED) is 0.529. The van der Waals surface area contributed by atoms with Crippen LogP contribution in [-0.2, 0) is 4.74 Å². The Morgan fingerprint density at radius 1 is 1.03 bits per heavy atom. The standard InChI is InChI=1S/C24H26F2N6O2/c25-24(26)14-31(15-24)22-11-17(3-7-28-22)29-21-12-19(4-8-27-21)34-20-13-32(18-1-2-18)30-23(20)16-5-9-33-10-6-16/h3-4,7-8,11-13,16,18H,1-2,5-6,9-10,14-15H2,(H,27,28,29). The minimum atomic E-state index is -2.64. The summed E-state index contributed by atoms with van der Waals surface area (Å²) in [7, 11) is 0. The molecule has 34 heavy (non-hydrogen) atoms. The molecule has 0 spiro atoms. The predicted molar refractivity (Wildman–Crippen MR) is 122 cm³/mol. The van der Waals surface area contributed by atoms with Crippen LogP contribution in [0.4, 0.5) is 26.1 Å². The molecule has 0 atom stereocenters. The number of anilines is 3. The fourth-order valence-electron chi connectivity index (χ4n) is 4.41. The molecule has 3 aromatic heterocycles. The van der Waals surface area contributed by atoms with Crippen LogP contribution >= 0.6 is 0 Å². The lowest BCUT2D eigenvalue weighted by Gasteiger charge is -2.39. The molecular weight excluding hydrogens is 442 g/mol. The third-order valence-electron chi connectivity index (χ3n) is 6.40. The fraction of sp³-hybridized carbons (Fsp3) is 0.458. The smallest absolute Gasteiger partial charge is 0.282 e. The summed E-state index contributed by atoms with van der Waals surface area (Å²) in [5, 5.41) is 8.10. The van der Waals surface area contributed by atoms with E-state index in [0.717, 1.165) is 50.3 Å². The van der Waals surface area contributed by atoms with Crippen LogP contribution < -0.4 is 15.0 Å². The van der Waals surface area contributed by atoms with E-state index in [-0.39, 0.29) is 13.1 Å². The molecule has 10 heteroatoms. The number of hydrogen-bond acceptors (Lipinski definition) is 7. The number of hydrogen-bond donors (Lipinski definition) is 1. The summed E-state index contributed by atoms with van der Waals surface area (Å²) >= 11 is 0. The van der Waals surface area contributed by atoms with E-state index in [9.17, 15) is 8.78 Å². The molecule has 178 valence electrons. The van der Waals surface area contributed by atoms with Crippen LogP contribution in [0.1, 0.15) is 43.3 Å². The maximum absolute atomic E-state index is 13.2. The van der Waals surface area contributed by atoms with Crippen LogP contribution in [-0.4, -0.2) is 52.0 Å². The van der Waals surface area contributed by atoms with Crippen molar-refractivity contribution in [1.29, 1.82) is 0 Å². The SMILES string of the molecule is FC1(F)CN(c2cc(Nc3cc(Oc4cn(C5CC5)nc4C4CCOCC4)ccn3)ccn2)C1. The van der Waals surface area contributed by atoms with Gasteiger partial charge in [-0.2, -0.15) is 5.10 Å². The van der Waals surface area contributed by atoms with Gasteiger partial charge in [-0.15, -0.1) is 0 Å². The van der Waals surface area contributed by atoms with Crippen molar-refractivity contribution in [1.82, 2.24) is 19.7 Å². The highest BCUT2D eigenvalue weighted by atomic mass is 19.3. The van der Waals surface area contributed by atoms with Gasteiger partial charge in [0.1, 0.15) is 23.1 Å². The van der Waals surface area contributed by atoms with Crippen molar-refractivity contribution in [2.24, 2.45) is 0 Å². The van der Waals surface area contributed by atoms with Gasteiger partial charge in [0.25, 0.3) is 5.92 Å². The van der Waals surface area contributed by atoms with E-state index < -0.39 is 5.92 Å². The summed E-state index contributed by atoms with van der Waals surface area (Å²) in [6.07, 6.45) is 9.47. The monoisotopic (exact) mass is 468 g/mol. The van der Waals surface area contributed by atoms with E-state index >= 15 is 0 Å². The van der Waals surface area contributed by atoms with Gasteiger partial charge in [0, 0.05) is 49.3 Å². The highest BCUT2D eigenvalue weighted by Crippen LogP contribution is 2.40. The maximum atomic E-state index is 13.2. The van der Waals surface area contributed by atoms with Gasteiger partial charge < -0.3 is 19.7 Å². The highest BCUT2D eigenvalue weighted by molar-refractivity contribution is 5.62. The molecule has 3 aromatic rings. The lowest BCUT2D eigenvalue weighted by Crippen LogP contribution is -2.56. The van der Waals surface area contributed by atoms with E-state index in [4.69, 9.17) is 14.6 Å². The van der Waals surface area contributed by atoms with Gasteiger partial charge in [-0.25, -0.2) is 18.7 Å². The van der Waals surface area contributed by atoms with Crippen LogP contribution in [0.3, 0.4) is 0 Å². The van der Waals surface area contributed by atoms with Crippen molar-refractivity contribution in [2.45, 2.75) is 43.6 Å². The van der Waals surface area contributed by atoms with Crippen molar-refractivity contribution >= 4 is 17.3 Å². The molecule has 3 fully saturated rings. The Kier molecular flexibility index (Phi) is 5.32. The van der Waals surface area contributed by atoms with Crippen LogP contribution in [0, 0.1) is 0 Å². The number of rotatable bonds is 7. The van der Waals surface area contributed by atoms with Crippen molar-refractivity contribution in [2.75, 3.05) is 36.5 Å². The Hall–Kier alpha value is -3.27. The number of aromatic nitrogens is 4. The van der Waals surface area contributed by atoms with Crippen molar-refractivity contribution in [3.05, 3.63) is 48.5 Å². The van der Waals surface area contributed by atoms with Gasteiger partial charge in [0.15, 0.2) is 5.75 Å². The van der Waals surface area contributed by atoms with Crippen LogP contribution in [0.2, 0.25) is 0 Å². The Balaban J connectivity index is 1.19. The summed E-state index contributed by atoms with van der Waals surface area (Å²) in [4.78, 5) is 10.1. The van der Waals surface area contributed by atoms with E-state index in [0.29, 0.717) is 35.0 Å². The third-order valence-corrected chi connectivity index (χ3v) is 6.40. The lowest BCUT2D eigenvalue weighted by molar-refractivity contribution is -0.0266. The average molecular weight is 469 g/mol. The Bertz CT molecular complexity index is 1170. The minimum absolute atomic E-state index is 0.310. The third kappa shape index (κ3) is 4.54. The molecule has 2 aliphatic heterocycles. The van der Waals surface area contributed by atoms with E-state index in [1.54, 1.807) is 29.4 Å². The zero-order valence-corrected chi connectivity index (χ0v) is 18.7. The molecular formula is C24H26F2N6O2. The molecule has 2 saturated heterocycles. The Labute approximate surface area is 195 Å². The zero-order valence-electron chi connectivity index (χ0n) is 18.7. The summed E-state index contributed by atoms with van der Waals surface area (Å²) < 4.78 is 40.3. The maximum Gasteiger partial charge on any atom is 0.282 e. The van der Waals surface area contributed by atoms with E-state index in [1.165, 1.54) is 0 Å². The summed E-state index contributed by atoms with van der Waals surface area (Å²) in [6, 6.07) is 7.62. The van der Waals surface area contributed by atoms with Crippen molar-refractivity contribution in [3.8, 4) is 11.5 Å². The summed E-state index contributed by atoms with van der Waals surface area (Å²) in [6.45, 7) is 0.865. The molecule has 0 amide bonds. The molecule has 8 nitrogen and oxygen atoms in total. The molecule has 3 aliphatic rings. The second-order valence-electron chi connectivity index (χ2n) is 9.19. The molecule has 1 saturated carbocycles. The number of halogens is 2. The highest BCUT2D eigenvalue weighted by Gasteiger charge is 2.44. The number of pyridine rings is 2. The van der Waals surface area contributed by atoms with Crippen LogP contribution in [0.5, 0.6) is 11.5 Å². The van der Waals surface area contributed by atoms with Crippen LogP contribution in [0.25, 0.3) is 0 Å². The molecule has 1 aliphatic carbocycles. The molecule has 6 rings (SSSR count). The number of nitrogens with one attached hydrogen (secondary N) is 1. The van der Waals surface area contributed by atoms with Gasteiger partial charge in [-0.1, -0.05) is 0 Å². The topological polar surface area (TPSA) is 77.3 Å². The Morgan fingerprint density at radius 2 is 1.82 bits per heavy atom. The van der Waals surface area contributed by atoms with Gasteiger partial charge in [-0.05, 0) is 37.8 Å². The first-order chi connectivity index (χ1) is 16.5. The largest absolute Gasteiger partial charge is 0.454 e. The van der Waals surface area contributed by atoms with Crippen molar-refractivity contribution in [3.63, 3.8) is 0 Å². The lowest BCUT2D eigenvalue weighted by atomic mass is 9.96. The summed E-state index contributed by atoms with van der Waals surface area (Å²) in [5.74, 6) is 0.212. The van der Waals surface area contributed by atoms with Gasteiger partial charge in [0.05, 0.1) is 25.3 Å². The minimum Gasteiger partial charge on any atom is -0.454 e. The first-order valence-corrected chi connectivity index (χ1v) is 11.7. The molecule has 5 heterocycles. The zero-order chi connectivity index (χ0) is 23.1. The second-order valence-corrected chi connectivity index (χ2v) is 9.19. The van der Waals surface area contributed by atoms with E-state index in [2.05, 4.69) is 15.3 Å². The fourth-order valence-corrected chi connectivity index (χ4v) is 4.41. The predicted octanol–water partition coefficient (Wildman–Crippen LogP) is 4.89. The average Bonchev–Trinajstić information content (AvgIpc) is 3.59. The van der Waals surface area contributed by atoms with Crippen molar-refractivity contribution < 1.29 is 18.3 Å².